The van der Waals surface area contributed by atoms with Gasteiger partial charge >= 0.3 is 5.97 Å². The van der Waals surface area contributed by atoms with Crippen LogP contribution in [0, 0.1) is 18.8 Å². The van der Waals surface area contributed by atoms with Crippen LogP contribution < -0.4 is 10.2 Å². The number of aliphatic carboxylic acids is 1. The van der Waals surface area contributed by atoms with Crippen molar-refractivity contribution in [2.45, 2.75) is 33.2 Å². The van der Waals surface area contributed by atoms with Crippen molar-refractivity contribution in [1.29, 1.82) is 0 Å². The Balaban J connectivity index is 1.33. The second-order valence-corrected chi connectivity index (χ2v) is 10.0. The number of rotatable bonds is 6. The molecule has 1 fully saturated rings. The van der Waals surface area contributed by atoms with Crippen LogP contribution in [-0.2, 0) is 14.4 Å². The predicted molar refractivity (Wildman–Crippen MR) is 130 cm³/mol. The van der Waals surface area contributed by atoms with E-state index in [0.29, 0.717) is 10.9 Å². The monoisotopic (exact) mass is 513 g/mol. The second-order valence-electron chi connectivity index (χ2n) is 9.15. The Morgan fingerprint density at radius 3 is 2.67 bits per heavy atom. The van der Waals surface area contributed by atoms with Crippen molar-refractivity contribution >= 4 is 45.8 Å². The summed E-state index contributed by atoms with van der Waals surface area (Å²) < 4.78 is 16.9. The molecule has 5 rings (SSSR count). The molecule has 0 bridgehead atoms. The lowest BCUT2D eigenvalue weighted by Gasteiger charge is -2.42. The highest BCUT2D eigenvalue weighted by molar-refractivity contribution is 7.13. The largest absolute Gasteiger partial charge is 0.478 e. The van der Waals surface area contributed by atoms with E-state index in [1.54, 1.807) is 22.5 Å². The SMILES string of the molecule is Cc1cc(NC(=O)C2CN(C3=C(F)CC4C(=O)C(C(=O)O)=CN(c5nccs5)C4=N3)C2)nn1C(C)C. The lowest BCUT2D eigenvalue weighted by atomic mass is 9.87. The molecule has 3 aliphatic rings. The number of carbonyl (C=O) groups is 3. The minimum atomic E-state index is -1.39. The molecule has 0 saturated carbocycles. The normalized spacial score (nSPS) is 20.2. The first-order valence-corrected chi connectivity index (χ1v) is 12.3. The van der Waals surface area contributed by atoms with Crippen LogP contribution in [0.4, 0.5) is 15.3 Å². The van der Waals surface area contributed by atoms with E-state index in [1.807, 2.05) is 25.5 Å². The number of ketones is 1. The highest BCUT2D eigenvalue weighted by atomic mass is 32.1. The van der Waals surface area contributed by atoms with E-state index in [2.05, 4.69) is 20.4 Å². The summed E-state index contributed by atoms with van der Waals surface area (Å²) in [6.07, 6.45) is 2.42. The number of aromatic nitrogens is 3. The molecule has 0 aliphatic carbocycles. The van der Waals surface area contributed by atoms with Crippen LogP contribution in [-0.4, -0.2) is 61.4 Å². The summed E-state index contributed by atoms with van der Waals surface area (Å²) in [5, 5.41) is 18.8. The van der Waals surface area contributed by atoms with Gasteiger partial charge in [-0.15, -0.1) is 11.3 Å². The van der Waals surface area contributed by atoms with Crippen molar-refractivity contribution in [3.8, 4) is 0 Å². The van der Waals surface area contributed by atoms with Gasteiger partial charge in [-0.1, -0.05) is 0 Å². The third-order valence-corrected chi connectivity index (χ3v) is 7.09. The maximum atomic E-state index is 15.1. The van der Waals surface area contributed by atoms with Gasteiger partial charge in [0.15, 0.2) is 22.6 Å². The average Bonchev–Trinajstić information content (AvgIpc) is 3.43. The second kappa shape index (κ2) is 8.97. The summed E-state index contributed by atoms with van der Waals surface area (Å²) in [5.74, 6) is -3.62. The van der Waals surface area contributed by atoms with E-state index >= 15 is 4.39 Å². The van der Waals surface area contributed by atoms with Crippen molar-refractivity contribution < 1.29 is 23.9 Å². The van der Waals surface area contributed by atoms with E-state index in [-0.39, 0.29) is 49.0 Å². The molecule has 1 saturated heterocycles. The van der Waals surface area contributed by atoms with Crippen LogP contribution in [0.5, 0.6) is 0 Å². The number of likely N-dealkylation sites (tertiary alicyclic amines) is 1. The van der Waals surface area contributed by atoms with Gasteiger partial charge in [0.25, 0.3) is 0 Å². The fourth-order valence-electron chi connectivity index (χ4n) is 4.50. The topological polar surface area (TPSA) is 133 Å². The number of Topliss-reactive ketones (excluding diaryl/α,β-unsaturated/α-hetero) is 1. The van der Waals surface area contributed by atoms with E-state index in [4.69, 9.17) is 0 Å². The van der Waals surface area contributed by atoms with Gasteiger partial charge in [0.1, 0.15) is 17.2 Å². The van der Waals surface area contributed by atoms with Crippen LogP contribution in [0.3, 0.4) is 0 Å². The van der Waals surface area contributed by atoms with E-state index < -0.39 is 29.1 Å². The third kappa shape index (κ3) is 4.08. The van der Waals surface area contributed by atoms with Crippen LogP contribution in [0.2, 0.25) is 0 Å². The van der Waals surface area contributed by atoms with E-state index in [0.717, 1.165) is 5.69 Å². The molecule has 0 spiro atoms. The van der Waals surface area contributed by atoms with E-state index in [1.165, 1.54) is 22.4 Å². The summed E-state index contributed by atoms with van der Waals surface area (Å²) in [6.45, 7) is 6.42. The van der Waals surface area contributed by atoms with Gasteiger partial charge in [0, 0.05) is 55.1 Å². The first-order valence-electron chi connectivity index (χ1n) is 11.4. The fraction of sp³-hybridized carbons (Fsp3) is 0.391. The Morgan fingerprint density at radius 2 is 2.06 bits per heavy atom. The number of anilines is 2. The number of amides is 1. The third-order valence-electron chi connectivity index (χ3n) is 6.32. The Morgan fingerprint density at radius 1 is 1.31 bits per heavy atom. The van der Waals surface area contributed by atoms with Crippen molar-refractivity contribution in [3.63, 3.8) is 0 Å². The zero-order valence-corrected chi connectivity index (χ0v) is 20.6. The molecule has 188 valence electrons. The molecule has 2 N–H and O–H groups in total. The zero-order valence-electron chi connectivity index (χ0n) is 19.8. The summed E-state index contributed by atoms with van der Waals surface area (Å²) >= 11 is 1.24. The van der Waals surface area contributed by atoms with Gasteiger partial charge in [-0.3, -0.25) is 19.2 Å². The Bertz CT molecular complexity index is 1340. The van der Waals surface area contributed by atoms with Gasteiger partial charge < -0.3 is 15.3 Å². The van der Waals surface area contributed by atoms with Crippen molar-refractivity contribution in [1.82, 2.24) is 19.7 Å². The molecule has 1 atom stereocenters. The highest BCUT2D eigenvalue weighted by Gasteiger charge is 2.44. The number of nitrogens with zero attached hydrogens (tertiary/aromatic N) is 6. The molecule has 36 heavy (non-hydrogen) atoms. The van der Waals surface area contributed by atoms with Crippen LogP contribution >= 0.6 is 11.3 Å². The highest BCUT2D eigenvalue weighted by Crippen LogP contribution is 2.38. The van der Waals surface area contributed by atoms with Crippen molar-refractivity contribution in [3.05, 3.63) is 46.8 Å². The molecule has 5 heterocycles. The zero-order chi connectivity index (χ0) is 25.7. The smallest absolute Gasteiger partial charge is 0.340 e. The maximum absolute atomic E-state index is 15.1. The molecule has 11 nitrogen and oxygen atoms in total. The first-order chi connectivity index (χ1) is 17.1. The van der Waals surface area contributed by atoms with E-state index in [9.17, 15) is 19.5 Å². The summed E-state index contributed by atoms with van der Waals surface area (Å²) in [7, 11) is 0. The molecule has 13 heteroatoms. The standard InChI is InChI=1S/C23H24FN7O4S/c1-11(2)31-12(3)6-17(28-31)26-21(33)13-8-29(9-13)20-16(24)7-14-18(32)15(22(34)35)10-30(19(14)27-20)23-25-4-5-36-23/h4-6,10-11,13-14H,7-9H2,1-3H3,(H,34,35)(H,26,28,33). The molecule has 0 aromatic carbocycles. The van der Waals surface area contributed by atoms with Gasteiger partial charge in [0.05, 0.1) is 11.8 Å². The minimum Gasteiger partial charge on any atom is -0.478 e. The summed E-state index contributed by atoms with van der Waals surface area (Å²) in [4.78, 5) is 48.8. The minimum absolute atomic E-state index is 0.0479. The molecule has 1 unspecified atom stereocenters. The Hall–Kier alpha value is -3.87. The number of hydrogen-bond donors (Lipinski definition) is 2. The molecular formula is C23H24FN7O4S. The van der Waals surface area contributed by atoms with Crippen LogP contribution in [0.1, 0.15) is 32.0 Å². The number of nitrogens with one attached hydrogen (secondary N) is 1. The molecule has 2 aromatic rings. The lowest BCUT2D eigenvalue weighted by Crippen LogP contribution is -2.53. The number of halogens is 1. The van der Waals surface area contributed by atoms with Crippen molar-refractivity contribution in [2.75, 3.05) is 23.3 Å². The lowest BCUT2D eigenvalue weighted by molar-refractivity contribution is -0.135. The average molecular weight is 514 g/mol. The number of carboxylic acids is 1. The number of hydrogen-bond acceptors (Lipinski definition) is 9. The number of amidine groups is 1. The number of aliphatic imine (C=N–C) groups is 1. The Kier molecular flexibility index (Phi) is 5.94. The number of thiazole rings is 1. The van der Waals surface area contributed by atoms with Gasteiger partial charge in [-0.05, 0) is 20.8 Å². The van der Waals surface area contributed by atoms with Gasteiger partial charge in [-0.2, -0.15) is 5.10 Å². The number of carboxylic acid groups (broad SMARTS) is 1. The summed E-state index contributed by atoms with van der Waals surface area (Å²) in [6, 6.07) is 1.96. The molecule has 3 aliphatic heterocycles. The molecule has 2 aromatic heterocycles. The molecular weight excluding hydrogens is 489 g/mol. The number of aryl methyl sites for hydroxylation is 1. The van der Waals surface area contributed by atoms with Crippen LogP contribution in [0.15, 0.2) is 46.1 Å². The number of fused-ring (bicyclic) bond motifs is 1. The quantitative estimate of drug-likeness (QED) is 0.564. The maximum Gasteiger partial charge on any atom is 0.340 e. The summed E-state index contributed by atoms with van der Waals surface area (Å²) in [5.41, 5.74) is 0.489. The first kappa shape index (κ1) is 23.9. The van der Waals surface area contributed by atoms with Gasteiger partial charge in [-0.25, -0.2) is 19.2 Å². The van der Waals surface area contributed by atoms with Gasteiger partial charge in [0.2, 0.25) is 5.91 Å². The van der Waals surface area contributed by atoms with Crippen LogP contribution in [0.25, 0.3) is 0 Å². The Labute approximate surface area is 209 Å². The number of allylic oxidation sites excluding steroid dienone is 1. The molecule has 0 radical (unpaired) electrons. The predicted octanol–water partition coefficient (Wildman–Crippen LogP) is 2.71. The molecule has 1 amide bonds. The van der Waals surface area contributed by atoms with Crippen molar-refractivity contribution in [2.24, 2.45) is 16.8 Å². The number of carbonyl (C=O) groups excluding carboxylic acids is 2. The fourth-order valence-corrected chi connectivity index (χ4v) is 5.12.